The van der Waals surface area contributed by atoms with Gasteiger partial charge in [-0.3, -0.25) is 0 Å². The Morgan fingerprint density at radius 2 is 2.16 bits per heavy atom. The molecule has 0 aliphatic carbocycles. The number of nitrogens with zero attached hydrogens (tertiary/aromatic N) is 1. The van der Waals surface area contributed by atoms with Gasteiger partial charge in [0.05, 0.1) is 6.61 Å². The number of aliphatic hydroxyl groups excluding tert-OH is 1. The van der Waals surface area contributed by atoms with Gasteiger partial charge in [0.25, 0.3) is 10.0 Å². The Kier molecular flexibility index (Phi) is 4.24. The van der Waals surface area contributed by atoms with Crippen LogP contribution in [0.5, 0.6) is 0 Å². The number of thiophene rings is 1. The monoisotopic (exact) mass is 305 g/mol. The Balaban J connectivity index is 2.32. The SMILES string of the molecule is O=C(O)c1ccc(S(=O)(=O)N2CCCCC2CO)s1. The molecule has 2 N–H and O–H groups in total. The average molecular weight is 305 g/mol. The zero-order valence-electron chi connectivity index (χ0n) is 10.2. The van der Waals surface area contributed by atoms with E-state index in [0.717, 1.165) is 24.2 Å². The Bertz CT molecular complexity index is 565. The number of hydrogen-bond acceptors (Lipinski definition) is 5. The van der Waals surface area contributed by atoms with Crippen LogP contribution in [-0.4, -0.2) is 48.1 Å². The van der Waals surface area contributed by atoms with Gasteiger partial charge in [-0.2, -0.15) is 4.31 Å². The number of carboxylic acids is 1. The Morgan fingerprint density at radius 3 is 2.74 bits per heavy atom. The van der Waals surface area contributed by atoms with Crippen molar-refractivity contribution in [1.29, 1.82) is 0 Å². The molecular formula is C11H15NO5S2. The Morgan fingerprint density at radius 1 is 1.42 bits per heavy atom. The van der Waals surface area contributed by atoms with Crippen LogP contribution in [0, 0.1) is 0 Å². The van der Waals surface area contributed by atoms with E-state index in [1.54, 1.807) is 0 Å². The third-order valence-electron chi connectivity index (χ3n) is 3.14. The molecule has 106 valence electrons. The van der Waals surface area contributed by atoms with Crippen molar-refractivity contribution in [2.24, 2.45) is 0 Å². The van der Waals surface area contributed by atoms with Gasteiger partial charge < -0.3 is 10.2 Å². The maximum Gasteiger partial charge on any atom is 0.345 e. The third kappa shape index (κ3) is 2.81. The Hall–Kier alpha value is -0.960. The molecule has 6 nitrogen and oxygen atoms in total. The molecule has 0 amide bonds. The lowest BCUT2D eigenvalue weighted by Gasteiger charge is -2.32. The van der Waals surface area contributed by atoms with Crippen LogP contribution in [0.4, 0.5) is 0 Å². The summed E-state index contributed by atoms with van der Waals surface area (Å²) in [4.78, 5) is 10.8. The van der Waals surface area contributed by atoms with Crippen molar-refractivity contribution in [2.75, 3.05) is 13.2 Å². The van der Waals surface area contributed by atoms with Crippen molar-refractivity contribution in [3.63, 3.8) is 0 Å². The van der Waals surface area contributed by atoms with E-state index in [-0.39, 0.29) is 15.7 Å². The molecule has 2 rings (SSSR count). The van der Waals surface area contributed by atoms with Gasteiger partial charge in [0.1, 0.15) is 9.09 Å². The van der Waals surface area contributed by atoms with Gasteiger partial charge in [0, 0.05) is 12.6 Å². The zero-order valence-corrected chi connectivity index (χ0v) is 11.8. The van der Waals surface area contributed by atoms with E-state index in [4.69, 9.17) is 5.11 Å². The van der Waals surface area contributed by atoms with Crippen LogP contribution in [0.15, 0.2) is 16.3 Å². The molecule has 0 bridgehead atoms. The van der Waals surface area contributed by atoms with Crippen LogP contribution >= 0.6 is 11.3 Å². The number of carbonyl (C=O) groups is 1. The van der Waals surface area contributed by atoms with E-state index < -0.39 is 22.0 Å². The molecule has 0 saturated carbocycles. The summed E-state index contributed by atoms with van der Waals surface area (Å²) in [6.45, 7) is 0.157. The van der Waals surface area contributed by atoms with Gasteiger partial charge in [-0.15, -0.1) is 11.3 Å². The highest BCUT2D eigenvalue weighted by Crippen LogP contribution is 2.29. The average Bonchev–Trinajstić information content (AvgIpc) is 2.89. The summed E-state index contributed by atoms with van der Waals surface area (Å²) in [6.07, 6.45) is 2.28. The first-order valence-corrected chi connectivity index (χ1v) is 8.18. The summed E-state index contributed by atoms with van der Waals surface area (Å²) in [5.41, 5.74) is 0. The van der Waals surface area contributed by atoms with Crippen LogP contribution in [0.25, 0.3) is 0 Å². The molecule has 0 radical (unpaired) electrons. The second-order valence-corrected chi connectivity index (χ2v) is 7.57. The number of piperidine rings is 1. The van der Waals surface area contributed by atoms with Gasteiger partial charge >= 0.3 is 5.97 Å². The van der Waals surface area contributed by atoms with Gasteiger partial charge in [0.2, 0.25) is 0 Å². The van der Waals surface area contributed by atoms with E-state index >= 15 is 0 Å². The highest BCUT2D eigenvalue weighted by atomic mass is 32.2. The maximum atomic E-state index is 12.4. The molecule has 2 heterocycles. The normalized spacial score (nSPS) is 21.4. The van der Waals surface area contributed by atoms with E-state index in [0.29, 0.717) is 13.0 Å². The molecule has 1 atom stereocenters. The molecule has 1 unspecified atom stereocenters. The van der Waals surface area contributed by atoms with Crippen molar-refractivity contribution in [3.05, 3.63) is 17.0 Å². The number of aromatic carboxylic acids is 1. The smallest absolute Gasteiger partial charge is 0.345 e. The summed E-state index contributed by atoms with van der Waals surface area (Å²) in [7, 11) is -3.71. The van der Waals surface area contributed by atoms with Crippen LogP contribution in [0.3, 0.4) is 0 Å². The summed E-state index contributed by atoms with van der Waals surface area (Å²) in [5.74, 6) is -1.14. The largest absolute Gasteiger partial charge is 0.477 e. The number of aliphatic hydroxyl groups is 1. The van der Waals surface area contributed by atoms with Crippen LogP contribution < -0.4 is 0 Å². The predicted octanol–water partition coefficient (Wildman–Crippen LogP) is 0.982. The zero-order chi connectivity index (χ0) is 14.0. The van der Waals surface area contributed by atoms with Crippen LogP contribution in [0.2, 0.25) is 0 Å². The van der Waals surface area contributed by atoms with Gasteiger partial charge in [0.15, 0.2) is 0 Å². The standard InChI is InChI=1S/C11H15NO5S2/c13-7-8-3-1-2-6-12(8)19(16,17)10-5-4-9(18-10)11(14)15/h4-5,8,13H,1-3,6-7H2,(H,14,15). The van der Waals surface area contributed by atoms with Gasteiger partial charge in [-0.25, -0.2) is 13.2 Å². The number of hydrogen-bond donors (Lipinski definition) is 2. The predicted molar refractivity (Wildman–Crippen MR) is 69.9 cm³/mol. The lowest BCUT2D eigenvalue weighted by Crippen LogP contribution is -2.45. The minimum absolute atomic E-state index is 0.00358. The number of rotatable bonds is 4. The fourth-order valence-electron chi connectivity index (χ4n) is 2.16. The minimum Gasteiger partial charge on any atom is -0.477 e. The van der Waals surface area contributed by atoms with E-state index in [1.165, 1.54) is 16.4 Å². The third-order valence-corrected chi connectivity index (χ3v) is 6.63. The second-order valence-electron chi connectivity index (χ2n) is 4.37. The lowest BCUT2D eigenvalue weighted by molar-refractivity contribution is 0.0702. The topological polar surface area (TPSA) is 94.9 Å². The van der Waals surface area contributed by atoms with Crippen molar-refractivity contribution in [3.8, 4) is 0 Å². The maximum absolute atomic E-state index is 12.4. The van der Waals surface area contributed by atoms with Crippen LogP contribution in [0.1, 0.15) is 28.9 Å². The molecule has 1 aromatic heterocycles. The Labute approximate surface area is 115 Å². The van der Waals surface area contributed by atoms with Crippen molar-refractivity contribution in [2.45, 2.75) is 29.5 Å². The summed E-state index contributed by atoms with van der Waals surface area (Å²) >= 11 is 0.743. The van der Waals surface area contributed by atoms with Crippen molar-refractivity contribution < 1.29 is 23.4 Å². The van der Waals surface area contributed by atoms with Crippen LogP contribution in [-0.2, 0) is 10.0 Å². The highest BCUT2D eigenvalue weighted by molar-refractivity contribution is 7.91. The molecule has 1 fully saturated rings. The molecule has 1 saturated heterocycles. The first-order valence-electron chi connectivity index (χ1n) is 5.92. The molecule has 19 heavy (non-hydrogen) atoms. The molecule has 0 spiro atoms. The first-order chi connectivity index (χ1) is 8.96. The number of carboxylic acid groups (broad SMARTS) is 1. The molecule has 1 aliphatic heterocycles. The quantitative estimate of drug-likeness (QED) is 0.864. The van der Waals surface area contributed by atoms with Gasteiger partial charge in [-0.05, 0) is 25.0 Å². The van der Waals surface area contributed by atoms with Crippen molar-refractivity contribution in [1.82, 2.24) is 4.31 Å². The first kappa shape index (κ1) is 14.4. The second kappa shape index (κ2) is 5.58. The van der Waals surface area contributed by atoms with E-state index in [9.17, 15) is 18.3 Å². The molecular weight excluding hydrogens is 290 g/mol. The highest BCUT2D eigenvalue weighted by Gasteiger charge is 2.34. The van der Waals surface area contributed by atoms with Crippen molar-refractivity contribution >= 4 is 27.3 Å². The fraction of sp³-hybridized carbons (Fsp3) is 0.545. The molecule has 0 aromatic carbocycles. The minimum atomic E-state index is -3.71. The van der Waals surface area contributed by atoms with E-state index in [2.05, 4.69) is 0 Å². The summed E-state index contributed by atoms with van der Waals surface area (Å²) in [5, 5.41) is 18.1. The van der Waals surface area contributed by atoms with E-state index in [1.807, 2.05) is 0 Å². The summed E-state index contributed by atoms with van der Waals surface area (Å²) in [6, 6.07) is 2.19. The molecule has 1 aliphatic rings. The molecule has 1 aromatic rings. The number of sulfonamides is 1. The van der Waals surface area contributed by atoms with Gasteiger partial charge in [-0.1, -0.05) is 6.42 Å². The fourth-order valence-corrected chi connectivity index (χ4v) is 5.12. The molecule has 8 heteroatoms. The summed E-state index contributed by atoms with van der Waals surface area (Å²) < 4.78 is 26.2. The lowest BCUT2D eigenvalue weighted by atomic mass is 10.1.